The van der Waals surface area contributed by atoms with Crippen LogP contribution in [-0.2, 0) is 0 Å². The van der Waals surface area contributed by atoms with Crippen LogP contribution in [0, 0.1) is 10.1 Å². The van der Waals surface area contributed by atoms with E-state index in [1.807, 2.05) is 0 Å². The molecule has 0 radical (unpaired) electrons. The van der Waals surface area contributed by atoms with E-state index >= 15 is 0 Å². The first-order valence-corrected chi connectivity index (χ1v) is 5.05. The standard InChI is InChI=1S/C11H7N3O5/c15-10(16)9-4-5-12-11(13-9)19-8-3-1-2-7(6-8)14(17)18/h1-6H,(H,15,16). The summed E-state index contributed by atoms with van der Waals surface area (Å²) in [6.45, 7) is 0. The van der Waals surface area contributed by atoms with E-state index in [9.17, 15) is 14.9 Å². The number of aromatic nitrogens is 2. The Morgan fingerprint density at radius 1 is 1.37 bits per heavy atom. The Bertz CT molecular complexity index is 588. The molecule has 0 aliphatic rings. The van der Waals surface area contributed by atoms with Crippen LogP contribution in [0.25, 0.3) is 0 Å². The van der Waals surface area contributed by atoms with Gasteiger partial charge in [0.25, 0.3) is 5.69 Å². The fourth-order valence-electron chi connectivity index (χ4n) is 1.28. The first kappa shape index (κ1) is 12.4. The van der Waals surface area contributed by atoms with E-state index in [-0.39, 0.29) is 23.1 Å². The first-order chi connectivity index (χ1) is 9.06. The minimum atomic E-state index is -1.22. The van der Waals surface area contributed by atoms with Crippen LogP contribution in [0.3, 0.4) is 0 Å². The summed E-state index contributed by atoms with van der Waals surface area (Å²) in [5.74, 6) is -1.07. The predicted molar refractivity (Wildman–Crippen MR) is 62.2 cm³/mol. The van der Waals surface area contributed by atoms with Crippen molar-refractivity contribution < 1.29 is 19.6 Å². The zero-order chi connectivity index (χ0) is 13.8. The Balaban J connectivity index is 2.26. The number of aromatic carboxylic acids is 1. The lowest BCUT2D eigenvalue weighted by Gasteiger charge is -2.03. The molecule has 0 saturated heterocycles. The summed E-state index contributed by atoms with van der Waals surface area (Å²) in [6.07, 6.45) is 1.23. The van der Waals surface area contributed by atoms with Crippen LogP contribution in [0.1, 0.15) is 10.5 Å². The topological polar surface area (TPSA) is 115 Å². The second kappa shape index (κ2) is 5.08. The molecule has 0 bridgehead atoms. The van der Waals surface area contributed by atoms with Crippen LogP contribution in [0.5, 0.6) is 11.8 Å². The number of nitro groups is 1. The van der Waals surface area contributed by atoms with Gasteiger partial charge in [-0.25, -0.2) is 9.78 Å². The molecule has 0 spiro atoms. The van der Waals surface area contributed by atoms with Crippen molar-refractivity contribution in [2.45, 2.75) is 0 Å². The third-order valence-corrected chi connectivity index (χ3v) is 2.09. The molecule has 8 heteroatoms. The molecule has 19 heavy (non-hydrogen) atoms. The maximum absolute atomic E-state index is 10.7. The lowest BCUT2D eigenvalue weighted by atomic mass is 10.3. The van der Waals surface area contributed by atoms with Gasteiger partial charge < -0.3 is 9.84 Å². The normalized spacial score (nSPS) is 9.89. The highest BCUT2D eigenvalue weighted by Crippen LogP contribution is 2.22. The second-order valence-electron chi connectivity index (χ2n) is 3.39. The van der Waals surface area contributed by atoms with E-state index in [2.05, 4.69) is 9.97 Å². The highest BCUT2D eigenvalue weighted by atomic mass is 16.6. The van der Waals surface area contributed by atoms with Crippen LogP contribution in [0.4, 0.5) is 5.69 Å². The molecule has 2 rings (SSSR count). The summed E-state index contributed by atoms with van der Waals surface area (Å²) >= 11 is 0. The summed E-state index contributed by atoms with van der Waals surface area (Å²) in [6, 6.07) is 6.43. The van der Waals surface area contributed by atoms with Crippen molar-refractivity contribution in [3.63, 3.8) is 0 Å². The molecule has 0 aliphatic heterocycles. The number of carbonyl (C=O) groups is 1. The lowest BCUT2D eigenvalue weighted by Crippen LogP contribution is -2.02. The SMILES string of the molecule is O=C(O)c1ccnc(Oc2cccc([N+](=O)[O-])c2)n1. The third-order valence-electron chi connectivity index (χ3n) is 2.09. The lowest BCUT2D eigenvalue weighted by molar-refractivity contribution is -0.384. The molecule has 1 N–H and O–H groups in total. The Hall–Kier alpha value is -3.03. The van der Waals surface area contributed by atoms with Gasteiger partial charge in [-0.05, 0) is 12.1 Å². The van der Waals surface area contributed by atoms with Crippen LogP contribution < -0.4 is 4.74 Å². The van der Waals surface area contributed by atoms with Crippen LogP contribution in [0.15, 0.2) is 36.5 Å². The van der Waals surface area contributed by atoms with Gasteiger partial charge in [-0.15, -0.1) is 0 Å². The highest BCUT2D eigenvalue weighted by molar-refractivity contribution is 5.85. The van der Waals surface area contributed by atoms with E-state index in [4.69, 9.17) is 9.84 Å². The average molecular weight is 261 g/mol. The summed E-state index contributed by atoms with van der Waals surface area (Å²) in [5.41, 5.74) is -0.373. The number of carboxylic acids is 1. The molecule has 0 aliphatic carbocycles. The van der Waals surface area contributed by atoms with Crippen molar-refractivity contribution in [2.75, 3.05) is 0 Å². The van der Waals surface area contributed by atoms with Crippen molar-refractivity contribution >= 4 is 11.7 Å². The molecule has 0 atom stereocenters. The Kier molecular flexibility index (Phi) is 3.33. The minimum absolute atomic E-state index is 0.146. The number of hydrogen-bond donors (Lipinski definition) is 1. The maximum Gasteiger partial charge on any atom is 0.354 e. The van der Waals surface area contributed by atoms with Crippen molar-refractivity contribution in [2.24, 2.45) is 0 Å². The van der Waals surface area contributed by atoms with E-state index in [0.29, 0.717) is 0 Å². The predicted octanol–water partition coefficient (Wildman–Crippen LogP) is 1.88. The summed E-state index contributed by atoms with van der Waals surface area (Å²) < 4.78 is 5.17. The Morgan fingerprint density at radius 2 is 2.16 bits per heavy atom. The van der Waals surface area contributed by atoms with Gasteiger partial charge in [0.05, 0.1) is 11.0 Å². The molecule has 2 aromatic rings. The number of rotatable bonds is 4. The third kappa shape index (κ3) is 3.00. The van der Waals surface area contributed by atoms with Gasteiger partial charge in [0, 0.05) is 12.3 Å². The van der Waals surface area contributed by atoms with Gasteiger partial charge in [0.15, 0.2) is 5.69 Å². The number of nitrogens with zero attached hydrogens (tertiary/aromatic N) is 3. The van der Waals surface area contributed by atoms with Crippen molar-refractivity contribution in [3.8, 4) is 11.8 Å². The van der Waals surface area contributed by atoms with Gasteiger partial charge in [0.2, 0.25) is 0 Å². The van der Waals surface area contributed by atoms with E-state index in [0.717, 1.165) is 0 Å². The molecule has 1 aromatic heterocycles. The molecule has 0 fully saturated rings. The number of nitro benzene ring substituents is 1. The zero-order valence-corrected chi connectivity index (χ0v) is 9.39. The highest BCUT2D eigenvalue weighted by Gasteiger charge is 2.10. The minimum Gasteiger partial charge on any atom is -0.477 e. The van der Waals surface area contributed by atoms with Crippen LogP contribution in [0.2, 0.25) is 0 Å². The van der Waals surface area contributed by atoms with Crippen LogP contribution >= 0.6 is 0 Å². The fraction of sp³-hybridized carbons (Fsp3) is 0. The van der Waals surface area contributed by atoms with Crippen LogP contribution in [-0.4, -0.2) is 26.0 Å². The van der Waals surface area contributed by atoms with E-state index < -0.39 is 10.9 Å². The second-order valence-corrected chi connectivity index (χ2v) is 3.39. The molecule has 8 nitrogen and oxygen atoms in total. The van der Waals surface area contributed by atoms with E-state index in [1.54, 1.807) is 0 Å². The van der Waals surface area contributed by atoms with Crippen molar-refractivity contribution in [1.82, 2.24) is 9.97 Å². The monoisotopic (exact) mass is 261 g/mol. The smallest absolute Gasteiger partial charge is 0.354 e. The van der Waals surface area contributed by atoms with Gasteiger partial charge >= 0.3 is 12.0 Å². The molecule has 0 amide bonds. The Labute approximate surface area is 106 Å². The number of carboxylic acid groups (broad SMARTS) is 1. The van der Waals surface area contributed by atoms with Gasteiger partial charge in [0.1, 0.15) is 5.75 Å². The molecule has 96 valence electrons. The number of hydrogen-bond acceptors (Lipinski definition) is 6. The molecule has 0 unspecified atom stereocenters. The molecule has 0 saturated carbocycles. The molecule has 1 aromatic carbocycles. The number of non-ortho nitro benzene ring substituents is 1. The van der Waals surface area contributed by atoms with Gasteiger partial charge in [-0.1, -0.05) is 6.07 Å². The first-order valence-electron chi connectivity index (χ1n) is 5.05. The quantitative estimate of drug-likeness (QED) is 0.659. The van der Waals surface area contributed by atoms with Gasteiger partial charge in [-0.3, -0.25) is 10.1 Å². The van der Waals surface area contributed by atoms with Gasteiger partial charge in [-0.2, -0.15) is 4.98 Å². The fourth-order valence-corrected chi connectivity index (χ4v) is 1.28. The van der Waals surface area contributed by atoms with Crippen molar-refractivity contribution in [3.05, 3.63) is 52.3 Å². The zero-order valence-electron chi connectivity index (χ0n) is 9.39. The molecule has 1 heterocycles. The van der Waals surface area contributed by atoms with Crippen molar-refractivity contribution in [1.29, 1.82) is 0 Å². The summed E-state index contributed by atoms with van der Waals surface area (Å²) in [5, 5.41) is 19.3. The number of ether oxygens (including phenoxy) is 1. The molecular formula is C11H7N3O5. The summed E-state index contributed by atoms with van der Waals surface area (Å²) in [7, 11) is 0. The number of benzene rings is 1. The molecular weight excluding hydrogens is 254 g/mol. The largest absolute Gasteiger partial charge is 0.477 e. The summed E-state index contributed by atoms with van der Waals surface area (Å²) in [4.78, 5) is 28.1. The average Bonchev–Trinajstić information content (AvgIpc) is 2.39. The van der Waals surface area contributed by atoms with E-state index in [1.165, 1.54) is 36.5 Å². The Morgan fingerprint density at radius 3 is 2.84 bits per heavy atom. The maximum atomic E-state index is 10.7.